The van der Waals surface area contributed by atoms with Gasteiger partial charge in [-0.1, -0.05) is 26.0 Å². The van der Waals surface area contributed by atoms with Crippen LogP contribution in [0, 0.1) is 19.8 Å². The van der Waals surface area contributed by atoms with Crippen LogP contribution in [0.5, 0.6) is 5.75 Å². The largest absolute Gasteiger partial charge is 0.494 e. The van der Waals surface area contributed by atoms with Crippen LogP contribution in [0.1, 0.15) is 43.5 Å². The lowest BCUT2D eigenvalue weighted by atomic mass is 9.94. The molecule has 118 valence electrons. The molecule has 0 bridgehead atoms. The third-order valence-electron chi connectivity index (χ3n) is 3.74. The average molecular weight is 298 g/mol. The highest BCUT2D eigenvalue weighted by molar-refractivity contribution is 5.43. The Labute approximate surface area is 133 Å². The first kappa shape index (κ1) is 16.3. The molecule has 0 fully saturated rings. The number of anilines is 1. The predicted octanol–water partition coefficient (Wildman–Crippen LogP) is 4.91. The number of aromatic nitrogens is 1. The number of nitrogens with one attached hydrogen (secondary N) is 1. The fourth-order valence-corrected chi connectivity index (χ4v) is 2.59. The van der Waals surface area contributed by atoms with Gasteiger partial charge in [-0.25, -0.2) is 4.98 Å². The van der Waals surface area contributed by atoms with E-state index in [0.717, 1.165) is 11.6 Å². The predicted molar refractivity (Wildman–Crippen MR) is 92.5 cm³/mol. The molecule has 3 nitrogen and oxygen atoms in total. The van der Waals surface area contributed by atoms with Crippen molar-refractivity contribution in [2.24, 2.45) is 5.92 Å². The van der Waals surface area contributed by atoms with E-state index in [9.17, 15) is 0 Å². The van der Waals surface area contributed by atoms with Gasteiger partial charge in [0.2, 0.25) is 0 Å². The van der Waals surface area contributed by atoms with Crippen molar-refractivity contribution >= 4 is 5.82 Å². The van der Waals surface area contributed by atoms with Gasteiger partial charge >= 0.3 is 0 Å². The molecule has 2 rings (SSSR count). The molecule has 0 aliphatic rings. The van der Waals surface area contributed by atoms with Gasteiger partial charge in [-0.3, -0.25) is 0 Å². The summed E-state index contributed by atoms with van der Waals surface area (Å²) in [5.41, 5.74) is 3.64. The third-order valence-corrected chi connectivity index (χ3v) is 3.74. The zero-order valence-corrected chi connectivity index (χ0v) is 14.2. The summed E-state index contributed by atoms with van der Waals surface area (Å²) in [4.78, 5) is 4.42. The average Bonchev–Trinajstić information content (AvgIpc) is 2.47. The molecule has 0 amide bonds. The smallest absolute Gasteiger partial charge is 0.126 e. The van der Waals surface area contributed by atoms with Crippen molar-refractivity contribution in [2.75, 3.05) is 11.9 Å². The highest BCUT2D eigenvalue weighted by atomic mass is 16.5. The molecule has 0 aliphatic carbocycles. The highest BCUT2D eigenvalue weighted by Crippen LogP contribution is 2.29. The Hall–Kier alpha value is -2.03. The molecule has 1 heterocycles. The third kappa shape index (κ3) is 4.00. The van der Waals surface area contributed by atoms with Crippen LogP contribution in [-0.4, -0.2) is 11.6 Å². The second kappa shape index (κ2) is 7.30. The fourth-order valence-electron chi connectivity index (χ4n) is 2.59. The second-order valence-corrected chi connectivity index (χ2v) is 6.04. The number of aryl methyl sites for hydroxylation is 2. The van der Waals surface area contributed by atoms with Gasteiger partial charge in [0.05, 0.1) is 12.6 Å². The number of rotatable bonds is 6. The lowest BCUT2D eigenvalue weighted by Gasteiger charge is -2.24. The molecule has 1 atom stereocenters. The summed E-state index contributed by atoms with van der Waals surface area (Å²) in [5.74, 6) is 2.34. The van der Waals surface area contributed by atoms with E-state index in [-0.39, 0.29) is 6.04 Å². The maximum Gasteiger partial charge on any atom is 0.126 e. The standard InChI is InChI=1S/C19H26N2O/c1-6-22-17-8-7-16(12-15(17)5)19(13(2)3)21-18-11-14(4)9-10-20-18/h7-13,19H,6H2,1-5H3,(H,20,21). The van der Waals surface area contributed by atoms with Gasteiger partial charge < -0.3 is 10.1 Å². The number of hydrogen-bond donors (Lipinski definition) is 1. The Balaban J connectivity index is 2.26. The Kier molecular flexibility index (Phi) is 5.42. The van der Waals surface area contributed by atoms with Gasteiger partial charge in [0.25, 0.3) is 0 Å². The molecule has 1 aromatic carbocycles. The molecule has 1 N–H and O–H groups in total. The number of nitrogens with zero attached hydrogens (tertiary/aromatic N) is 1. The number of pyridine rings is 1. The van der Waals surface area contributed by atoms with Gasteiger partial charge in [-0.15, -0.1) is 0 Å². The van der Waals surface area contributed by atoms with Crippen LogP contribution >= 0.6 is 0 Å². The van der Waals surface area contributed by atoms with Gasteiger partial charge in [0.15, 0.2) is 0 Å². The van der Waals surface area contributed by atoms with E-state index in [0.29, 0.717) is 12.5 Å². The summed E-state index contributed by atoms with van der Waals surface area (Å²) in [6, 6.07) is 10.7. The Bertz CT molecular complexity index is 623. The molecule has 2 aromatic rings. The quantitative estimate of drug-likeness (QED) is 0.823. The molecule has 0 radical (unpaired) electrons. The SMILES string of the molecule is CCOc1ccc(C(Nc2cc(C)ccn2)C(C)C)cc1C. The zero-order valence-electron chi connectivity index (χ0n) is 14.2. The molecule has 0 spiro atoms. The molecule has 1 unspecified atom stereocenters. The minimum Gasteiger partial charge on any atom is -0.494 e. The van der Waals surface area contributed by atoms with E-state index in [2.05, 4.69) is 62.3 Å². The van der Waals surface area contributed by atoms with Crippen molar-refractivity contribution in [3.8, 4) is 5.75 Å². The molecular weight excluding hydrogens is 272 g/mol. The van der Waals surface area contributed by atoms with Crippen molar-refractivity contribution in [3.63, 3.8) is 0 Å². The van der Waals surface area contributed by atoms with E-state index in [1.807, 2.05) is 19.2 Å². The summed E-state index contributed by atoms with van der Waals surface area (Å²) in [6.07, 6.45) is 1.85. The van der Waals surface area contributed by atoms with E-state index in [1.54, 1.807) is 0 Å². The molecule has 0 saturated heterocycles. The highest BCUT2D eigenvalue weighted by Gasteiger charge is 2.17. The van der Waals surface area contributed by atoms with Crippen molar-refractivity contribution < 1.29 is 4.74 Å². The summed E-state index contributed by atoms with van der Waals surface area (Å²) >= 11 is 0. The first-order chi connectivity index (χ1) is 10.5. The summed E-state index contributed by atoms with van der Waals surface area (Å²) in [7, 11) is 0. The van der Waals surface area contributed by atoms with Crippen LogP contribution in [0.3, 0.4) is 0 Å². The normalized spacial score (nSPS) is 12.3. The first-order valence-electron chi connectivity index (χ1n) is 7.93. The van der Waals surface area contributed by atoms with Crippen molar-refractivity contribution in [1.29, 1.82) is 0 Å². The maximum absolute atomic E-state index is 5.63. The second-order valence-electron chi connectivity index (χ2n) is 6.04. The molecule has 0 saturated carbocycles. The molecule has 22 heavy (non-hydrogen) atoms. The van der Waals surface area contributed by atoms with Crippen LogP contribution in [0.15, 0.2) is 36.5 Å². The van der Waals surface area contributed by atoms with Gasteiger partial charge in [0.1, 0.15) is 11.6 Å². The van der Waals surface area contributed by atoms with Crippen molar-refractivity contribution in [1.82, 2.24) is 4.98 Å². The van der Waals surface area contributed by atoms with Gasteiger partial charge in [-0.2, -0.15) is 0 Å². The van der Waals surface area contributed by atoms with E-state index in [4.69, 9.17) is 4.74 Å². The monoisotopic (exact) mass is 298 g/mol. The fraction of sp³-hybridized carbons (Fsp3) is 0.421. The summed E-state index contributed by atoms with van der Waals surface area (Å²) in [5, 5.41) is 3.56. The molecular formula is C19H26N2O. The lowest BCUT2D eigenvalue weighted by Crippen LogP contribution is -2.17. The van der Waals surface area contributed by atoms with Crippen LogP contribution in [-0.2, 0) is 0 Å². The summed E-state index contributed by atoms with van der Waals surface area (Å²) in [6.45, 7) is 11.3. The first-order valence-corrected chi connectivity index (χ1v) is 7.93. The van der Waals surface area contributed by atoms with Gasteiger partial charge in [0, 0.05) is 6.20 Å². The van der Waals surface area contributed by atoms with E-state index in [1.165, 1.54) is 16.7 Å². The number of hydrogen-bond acceptors (Lipinski definition) is 3. The maximum atomic E-state index is 5.63. The molecule has 1 aromatic heterocycles. The summed E-state index contributed by atoms with van der Waals surface area (Å²) < 4.78 is 5.63. The van der Waals surface area contributed by atoms with Crippen molar-refractivity contribution in [2.45, 2.75) is 40.7 Å². The Morgan fingerprint density at radius 2 is 1.91 bits per heavy atom. The Morgan fingerprint density at radius 1 is 1.14 bits per heavy atom. The number of ether oxygens (including phenoxy) is 1. The van der Waals surface area contributed by atoms with Crippen LogP contribution < -0.4 is 10.1 Å². The minimum absolute atomic E-state index is 0.226. The lowest BCUT2D eigenvalue weighted by molar-refractivity contribution is 0.337. The van der Waals surface area contributed by atoms with E-state index >= 15 is 0 Å². The van der Waals surface area contributed by atoms with Crippen LogP contribution in [0.2, 0.25) is 0 Å². The zero-order chi connectivity index (χ0) is 16.1. The number of benzene rings is 1. The topological polar surface area (TPSA) is 34.1 Å². The van der Waals surface area contributed by atoms with Crippen LogP contribution in [0.4, 0.5) is 5.82 Å². The van der Waals surface area contributed by atoms with Gasteiger partial charge in [-0.05, 0) is 61.6 Å². The van der Waals surface area contributed by atoms with Crippen molar-refractivity contribution in [3.05, 3.63) is 53.2 Å². The van der Waals surface area contributed by atoms with E-state index < -0.39 is 0 Å². The Morgan fingerprint density at radius 3 is 2.50 bits per heavy atom. The molecule has 0 aliphatic heterocycles. The minimum atomic E-state index is 0.226. The molecule has 3 heteroatoms. The van der Waals surface area contributed by atoms with Crippen LogP contribution in [0.25, 0.3) is 0 Å².